The van der Waals surface area contributed by atoms with Gasteiger partial charge in [0.15, 0.2) is 0 Å². The van der Waals surface area contributed by atoms with Gasteiger partial charge in [0.05, 0.1) is 11.9 Å². The molecule has 7 nitrogen and oxygen atoms in total. The number of H-pyrrole nitrogens is 1. The molecule has 0 unspecified atom stereocenters. The highest BCUT2D eigenvalue weighted by Gasteiger charge is 2.18. The van der Waals surface area contributed by atoms with Crippen LogP contribution in [0.3, 0.4) is 0 Å². The first-order valence-corrected chi connectivity index (χ1v) is 9.84. The third-order valence-electron chi connectivity index (χ3n) is 5.19. The Kier molecular flexibility index (Phi) is 5.94. The van der Waals surface area contributed by atoms with Crippen molar-refractivity contribution in [1.82, 2.24) is 30.4 Å². The Morgan fingerprint density at radius 2 is 1.79 bits per heavy atom. The third kappa shape index (κ3) is 4.55. The Labute approximate surface area is 165 Å². The molecule has 7 heteroatoms. The van der Waals surface area contributed by atoms with E-state index in [0.717, 1.165) is 57.5 Å². The SMILES string of the molecule is Cc1ccc(-c2[nH]ncc2CNCCN2CCN(c3ncccn3)CC2)cc1. The molecular weight excluding hydrogens is 350 g/mol. The van der Waals surface area contributed by atoms with Crippen LogP contribution >= 0.6 is 0 Å². The van der Waals surface area contributed by atoms with Gasteiger partial charge in [0.1, 0.15) is 0 Å². The van der Waals surface area contributed by atoms with Crippen molar-refractivity contribution in [2.75, 3.05) is 44.2 Å². The van der Waals surface area contributed by atoms with Gasteiger partial charge < -0.3 is 10.2 Å². The molecule has 0 radical (unpaired) electrons. The number of aryl methyl sites for hydroxylation is 1. The number of aromatic nitrogens is 4. The molecule has 0 amide bonds. The van der Waals surface area contributed by atoms with E-state index in [-0.39, 0.29) is 0 Å². The Bertz CT molecular complexity index is 852. The van der Waals surface area contributed by atoms with Gasteiger partial charge in [-0.1, -0.05) is 29.8 Å². The smallest absolute Gasteiger partial charge is 0.225 e. The van der Waals surface area contributed by atoms with Crippen LogP contribution in [0.2, 0.25) is 0 Å². The van der Waals surface area contributed by atoms with Crippen molar-refractivity contribution in [2.45, 2.75) is 13.5 Å². The summed E-state index contributed by atoms with van der Waals surface area (Å²) in [5.74, 6) is 0.837. The van der Waals surface area contributed by atoms with E-state index in [0.29, 0.717) is 0 Å². The van der Waals surface area contributed by atoms with Gasteiger partial charge in [-0.15, -0.1) is 0 Å². The van der Waals surface area contributed by atoms with Crippen LogP contribution in [0.5, 0.6) is 0 Å². The summed E-state index contributed by atoms with van der Waals surface area (Å²) in [7, 11) is 0. The first kappa shape index (κ1) is 18.6. The van der Waals surface area contributed by atoms with Crippen LogP contribution in [0.15, 0.2) is 48.9 Å². The number of benzene rings is 1. The van der Waals surface area contributed by atoms with E-state index >= 15 is 0 Å². The molecule has 0 atom stereocenters. The first-order chi connectivity index (χ1) is 13.8. The van der Waals surface area contributed by atoms with Crippen LogP contribution in [0.4, 0.5) is 5.95 Å². The molecule has 0 aliphatic carbocycles. The number of hydrogen-bond acceptors (Lipinski definition) is 6. The van der Waals surface area contributed by atoms with Gasteiger partial charge in [0.2, 0.25) is 5.95 Å². The molecular formula is C21H27N7. The highest BCUT2D eigenvalue weighted by atomic mass is 15.3. The molecule has 4 rings (SSSR count). The number of nitrogens with zero attached hydrogens (tertiary/aromatic N) is 5. The number of aromatic amines is 1. The molecule has 2 N–H and O–H groups in total. The fourth-order valence-corrected chi connectivity index (χ4v) is 3.50. The number of rotatable bonds is 7. The van der Waals surface area contributed by atoms with E-state index in [1.807, 2.05) is 12.3 Å². The topological polar surface area (TPSA) is 73.0 Å². The Balaban J connectivity index is 1.21. The minimum absolute atomic E-state index is 0.817. The summed E-state index contributed by atoms with van der Waals surface area (Å²) in [5, 5.41) is 10.9. The number of piperazine rings is 1. The van der Waals surface area contributed by atoms with Gasteiger partial charge in [0, 0.05) is 63.8 Å². The quantitative estimate of drug-likeness (QED) is 0.614. The Morgan fingerprint density at radius 1 is 1.04 bits per heavy atom. The van der Waals surface area contributed by atoms with E-state index in [1.165, 1.54) is 16.7 Å². The number of hydrogen-bond donors (Lipinski definition) is 2. The van der Waals surface area contributed by atoms with Gasteiger partial charge >= 0.3 is 0 Å². The maximum absolute atomic E-state index is 4.34. The number of anilines is 1. The summed E-state index contributed by atoms with van der Waals surface area (Å²) in [6, 6.07) is 10.4. The molecule has 1 aliphatic rings. The Hall–Kier alpha value is -2.77. The van der Waals surface area contributed by atoms with Crippen molar-refractivity contribution in [3.05, 3.63) is 60.0 Å². The zero-order chi connectivity index (χ0) is 19.2. The fourth-order valence-electron chi connectivity index (χ4n) is 3.50. The zero-order valence-corrected chi connectivity index (χ0v) is 16.3. The van der Waals surface area contributed by atoms with E-state index < -0.39 is 0 Å². The minimum Gasteiger partial charge on any atom is -0.338 e. The molecule has 2 aromatic heterocycles. The van der Waals surface area contributed by atoms with Crippen molar-refractivity contribution in [3.8, 4) is 11.3 Å². The van der Waals surface area contributed by atoms with Crippen LogP contribution in [-0.2, 0) is 6.54 Å². The highest BCUT2D eigenvalue weighted by molar-refractivity contribution is 5.62. The van der Waals surface area contributed by atoms with Crippen molar-refractivity contribution >= 4 is 5.95 Å². The predicted octanol–water partition coefficient (Wildman–Crippen LogP) is 2.09. The van der Waals surface area contributed by atoms with Gasteiger partial charge in [-0.05, 0) is 18.6 Å². The minimum atomic E-state index is 0.817. The lowest BCUT2D eigenvalue weighted by atomic mass is 10.1. The predicted molar refractivity (Wildman–Crippen MR) is 111 cm³/mol. The lowest BCUT2D eigenvalue weighted by Crippen LogP contribution is -2.48. The molecule has 146 valence electrons. The van der Waals surface area contributed by atoms with Crippen LogP contribution in [0, 0.1) is 6.92 Å². The molecule has 3 heterocycles. The molecule has 1 saturated heterocycles. The fraction of sp³-hybridized carbons (Fsp3) is 0.381. The van der Waals surface area contributed by atoms with Crippen molar-refractivity contribution in [3.63, 3.8) is 0 Å². The van der Waals surface area contributed by atoms with Crippen molar-refractivity contribution in [2.24, 2.45) is 0 Å². The normalized spacial score (nSPS) is 15.1. The summed E-state index contributed by atoms with van der Waals surface area (Å²) < 4.78 is 0. The molecule has 28 heavy (non-hydrogen) atoms. The second-order valence-corrected chi connectivity index (χ2v) is 7.19. The van der Waals surface area contributed by atoms with E-state index in [2.05, 4.69) is 66.5 Å². The summed E-state index contributed by atoms with van der Waals surface area (Å²) in [6.45, 7) is 8.96. The summed E-state index contributed by atoms with van der Waals surface area (Å²) >= 11 is 0. The standard InChI is InChI=1S/C21H27N7/c1-17-3-5-18(6-4-17)20-19(16-25-26-20)15-22-9-10-27-11-13-28(14-12-27)21-23-7-2-8-24-21/h2-8,16,22H,9-15H2,1H3,(H,25,26). The molecule has 0 bridgehead atoms. The van der Waals surface area contributed by atoms with Crippen LogP contribution in [0.1, 0.15) is 11.1 Å². The largest absolute Gasteiger partial charge is 0.338 e. The van der Waals surface area contributed by atoms with Crippen LogP contribution < -0.4 is 10.2 Å². The van der Waals surface area contributed by atoms with Crippen LogP contribution in [-0.4, -0.2) is 64.3 Å². The van der Waals surface area contributed by atoms with E-state index in [4.69, 9.17) is 0 Å². The molecule has 3 aromatic rings. The highest BCUT2D eigenvalue weighted by Crippen LogP contribution is 2.21. The maximum atomic E-state index is 4.34. The van der Waals surface area contributed by atoms with Crippen LogP contribution in [0.25, 0.3) is 11.3 Å². The lowest BCUT2D eigenvalue weighted by molar-refractivity contribution is 0.256. The molecule has 1 fully saturated rings. The van der Waals surface area contributed by atoms with E-state index in [1.54, 1.807) is 12.4 Å². The Morgan fingerprint density at radius 3 is 2.54 bits per heavy atom. The molecule has 0 saturated carbocycles. The third-order valence-corrected chi connectivity index (χ3v) is 5.19. The average molecular weight is 377 g/mol. The second-order valence-electron chi connectivity index (χ2n) is 7.19. The monoisotopic (exact) mass is 377 g/mol. The zero-order valence-electron chi connectivity index (χ0n) is 16.3. The van der Waals surface area contributed by atoms with E-state index in [9.17, 15) is 0 Å². The van der Waals surface area contributed by atoms with Gasteiger partial charge in [-0.3, -0.25) is 10.00 Å². The van der Waals surface area contributed by atoms with Crippen molar-refractivity contribution in [1.29, 1.82) is 0 Å². The van der Waals surface area contributed by atoms with Crippen molar-refractivity contribution < 1.29 is 0 Å². The molecule has 0 spiro atoms. The maximum Gasteiger partial charge on any atom is 0.225 e. The lowest BCUT2D eigenvalue weighted by Gasteiger charge is -2.34. The summed E-state index contributed by atoms with van der Waals surface area (Å²) in [6.07, 6.45) is 5.53. The van der Waals surface area contributed by atoms with Gasteiger partial charge in [0.25, 0.3) is 0 Å². The molecule has 1 aromatic carbocycles. The summed E-state index contributed by atoms with van der Waals surface area (Å²) in [5.41, 5.74) is 4.75. The van der Waals surface area contributed by atoms with Gasteiger partial charge in [-0.25, -0.2) is 9.97 Å². The number of nitrogens with one attached hydrogen (secondary N) is 2. The van der Waals surface area contributed by atoms with Gasteiger partial charge in [-0.2, -0.15) is 5.10 Å². The average Bonchev–Trinajstić information content (AvgIpc) is 3.21. The molecule has 1 aliphatic heterocycles. The first-order valence-electron chi connectivity index (χ1n) is 9.84. The second kappa shape index (κ2) is 8.95. The summed E-state index contributed by atoms with van der Waals surface area (Å²) in [4.78, 5) is 13.4.